The zero-order chi connectivity index (χ0) is 26.5. The van der Waals surface area contributed by atoms with Crippen LogP contribution in [0.4, 0.5) is 22.9 Å². The van der Waals surface area contributed by atoms with Crippen LogP contribution in [0.3, 0.4) is 0 Å². The molecule has 0 aliphatic carbocycles. The number of aromatic nitrogens is 2. The minimum Gasteiger partial charge on any atom is -0.335 e. The Labute approximate surface area is 235 Å². The largest absolute Gasteiger partial charge is 0.335 e. The molecule has 4 aromatic carbocycles. The highest BCUT2D eigenvalue weighted by Gasteiger charge is 2.41. The van der Waals surface area contributed by atoms with Crippen molar-refractivity contribution in [2.75, 3.05) is 10.2 Å². The molecule has 0 fully saturated rings. The summed E-state index contributed by atoms with van der Waals surface area (Å²) < 4.78 is 1.92. The number of fused-ring (bicyclic) bond motifs is 4. The van der Waals surface area contributed by atoms with Crippen molar-refractivity contribution in [3.8, 4) is 5.69 Å². The van der Waals surface area contributed by atoms with Crippen LogP contribution in [0.5, 0.6) is 0 Å². The van der Waals surface area contributed by atoms with Gasteiger partial charge in [-0.05, 0) is 55.0 Å². The van der Waals surface area contributed by atoms with Gasteiger partial charge in [0.05, 0.1) is 39.5 Å². The molecule has 1 N–H and O–H groups in total. The van der Waals surface area contributed by atoms with Gasteiger partial charge in [-0.25, -0.2) is 14.7 Å². The summed E-state index contributed by atoms with van der Waals surface area (Å²) in [5, 5.41) is 9.50. The van der Waals surface area contributed by atoms with E-state index in [0.29, 0.717) is 27.4 Å². The number of hydrogen-bond acceptors (Lipinski definition) is 4. The van der Waals surface area contributed by atoms with Crippen molar-refractivity contribution in [3.63, 3.8) is 0 Å². The van der Waals surface area contributed by atoms with Gasteiger partial charge in [0.25, 0.3) is 0 Å². The van der Waals surface area contributed by atoms with Gasteiger partial charge in [0.15, 0.2) is 17.5 Å². The molecule has 0 amide bonds. The lowest BCUT2D eigenvalue weighted by molar-refractivity contribution is 0.816. The molecule has 6 nitrogen and oxygen atoms in total. The maximum absolute atomic E-state index is 6.55. The van der Waals surface area contributed by atoms with E-state index < -0.39 is 0 Å². The summed E-state index contributed by atoms with van der Waals surface area (Å²) in [6.45, 7) is 2.05. The van der Waals surface area contributed by atoms with Crippen LogP contribution in [0.1, 0.15) is 22.9 Å². The van der Waals surface area contributed by atoms with E-state index in [-0.39, 0.29) is 6.04 Å². The van der Waals surface area contributed by atoms with Crippen LogP contribution in [0.15, 0.2) is 113 Å². The Balaban J connectivity index is 1.53. The van der Waals surface area contributed by atoms with E-state index in [9.17, 15) is 0 Å². The molecule has 3 heterocycles. The highest BCUT2D eigenvalue weighted by Crippen LogP contribution is 2.47. The van der Waals surface area contributed by atoms with Gasteiger partial charge in [0.2, 0.25) is 0 Å². The van der Waals surface area contributed by atoms with Gasteiger partial charge in [0, 0.05) is 10.6 Å². The van der Waals surface area contributed by atoms with Crippen LogP contribution in [0, 0.1) is 6.92 Å². The van der Waals surface area contributed by atoms with Crippen LogP contribution in [-0.2, 0) is 0 Å². The van der Waals surface area contributed by atoms with E-state index >= 15 is 0 Å². The number of nitrogens with zero attached hydrogens (tertiary/aromatic N) is 5. The van der Waals surface area contributed by atoms with E-state index in [0.717, 1.165) is 39.7 Å². The molecule has 5 aromatic rings. The summed E-state index contributed by atoms with van der Waals surface area (Å²) in [4.78, 5) is 12.5. The number of aryl methyl sites for hydroxylation is 1. The Morgan fingerprint density at radius 1 is 0.846 bits per heavy atom. The monoisotopic (exact) mass is 548 g/mol. The second-order valence-corrected chi connectivity index (χ2v) is 10.2. The van der Waals surface area contributed by atoms with Crippen LogP contribution < -0.4 is 10.2 Å². The molecule has 2 aliphatic rings. The van der Waals surface area contributed by atoms with Crippen molar-refractivity contribution < 1.29 is 0 Å². The van der Waals surface area contributed by atoms with E-state index in [1.807, 2.05) is 72.3 Å². The summed E-state index contributed by atoms with van der Waals surface area (Å²) in [7, 11) is 0. The second-order valence-electron chi connectivity index (χ2n) is 9.39. The fourth-order valence-corrected chi connectivity index (χ4v) is 5.67. The fraction of sp³-hybridized carbons (Fsp3) is 0.0645. The number of amidine groups is 2. The normalized spacial score (nSPS) is 16.7. The van der Waals surface area contributed by atoms with Crippen molar-refractivity contribution >= 4 is 57.8 Å². The van der Waals surface area contributed by atoms with Gasteiger partial charge in [-0.3, -0.25) is 0 Å². The summed E-state index contributed by atoms with van der Waals surface area (Å²) in [5.41, 5.74) is 6.56. The van der Waals surface area contributed by atoms with Gasteiger partial charge < -0.3 is 10.2 Å². The molecule has 0 saturated carbocycles. The van der Waals surface area contributed by atoms with Crippen LogP contribution in [0.25, 0.3) is 5.69 Å². The number of aliphatic imine (C=N–C) groups is 2. The lowest BCUT2D eigenvalue weighted by atomic mass is 9.93. The molecule has 0 radical (unpaired) electrons. The summed E-state index contributed by atoms with van der Waals surface area (Å²) >= 11 is 12.7. The summed E-state index contributed by atoms with van der Waals surface area (Å²) in [6.07, 6.45) is 0. The topological polar surface area (TPSA) is 57.8 Å². The first kappa shape index (κ1) is 23.7. The molecule has 190 valence electrons. The smallest absolute Gasteiger partial charge is 0.179 e. The lowest BCUT2D eigenvalue weighted by Crippen LogP contribution is -2.48. The lowest BCUT2D eigenvalue weighted by Gasteiger charge is -2.41. The maximum atomic E-state index is 6.55. The molecule has 0 spiro atoms. The maximum Gasteiger partial charge on any atom is 0.179 e. The Morgan fingerprint density at radius 3 is 2.33 bits per heavy atom. The van der Waals surface area contributed by atoms with Crippen molar-refractivity contribution in [1.29, 1.82) is 0 Å². The molecule has 0 unspecified atom stereocenters. The molecule has 7 rings (SSSR count). The SMILES string of the molecule is Cc1nn(-c2ccccc2)c2c1[C@@H](c1ccccc1)N1C(=N2)C(=Nc2ccc(Cl)cc2Cl)Nc2ccccc21. The summed E-state index contributed by atoms with van der Waals surface area (Å²) in [6, 6.07) is 33.8. The van der Waals surface area contributed by atoms with Crippen LogP contribution in [-0.4, -0.2) is 21.5 Å². The van der Waals surface area contributed by atoms with Crippen molar-refractivity contribution in [1.82, 2.24) is 9.78 Å². The average molecular weight is 549 g/mol. The van der Waals surface area contributed by atoms with Gasteiger partial charge in [-0.1, -0.05) is 83.9 Å². The highest BCUT2D eigenvalue weighted by molar-refractivity contribution is 6.52. The molecule has 39 heavy (non-hydrogen) atoms. The molecule has 1 atom stereocenters. The number of rotatable bonds is 3. The quantitative estimate of drug-likeness (QED) is 0.246. The third kappa shape index (κ3) is 4.00. The summed E-state index contributed by atoms with van der Waals surface area (Å²) in [5.74, 6) is 2.04. The molecular formula is C31H22Cl2N6. The first-order chi connectivity index (χ1) is 19.1. The van der Waals surface area contributed by atoms with E-state index in [1.54, 1.807) is 12.1 Å². The molecular weight excluding hydrogens is 527 g/mol. The minimum atomic E-state index is -0.180. The van der Waals surface area contributed by atoms with E-state index in [2.05, 4.69) is 40.5 Å². The standard InChI is InChI=1S/C31H22Cl2N6/c1-19-27-28(20-10-4-2-5-11-20)38-26-15-9-8-14-25(26)35-29(34-24-17-16-21(32)18-23(24)33)31(38)36-30(27)39(37-19)22-12-6-3-7-13-22/h2-18,28H,1H3,(H,34,35)/t28-/m1/s1. The molecule has 2 aliphatic heterocycles. The number of hydrogen-bond donors (Lipinski definition) is 1. The van der Waals surface area contributed by atoms with Crippen molar-refractivity contribution in [3.05, 3.63) is 130 Å². The predicted molar refractivity (Wildman–Crippen MR) is 160 cm³/mol. The number of halogens is 2. The number of para-hydroxylation sites is 3. The van der Waals surface area contributed by atoms with Crippen molar-refractivity contribution in [2.24, 2.45) is 9.98 Å². The van der Waals surface area contributed by atoms with Gasteiger partial charge in [-0.2, -0.15) is 5.10 Å². The Bertz CT molecular complexity index is 1780. The zero-order valence-corrected chi connectivity index (χ0v) is 22.4. The Kier molecular flexibility index (Phi) is 5.72. The molecule has 1 aromatic heterocycles. The number of anilines is 2. The molecule has 0 bridgehead atoms. The van der Waals surface area contributed by atoms with Crippen LogP contribution >= 0.6 is 23.2 Å². The third-order valence-corrected chi connectivity index (χ3v) is 7.48. The number of nitrogens with one attached hydrogen (secondary N) is 1. The first-order valence-corrected chi connectivity index (χ1v) is 13.3. The fourth-order valence-electron chi connectivity index (χ4n) is 5.22. The zero-order valence-electron chi connectivity index (χ0n) is 20.9. The van der Waals surface area contributed by atoms with Gasteiger partial charge >= 0.3 is 0 Å². The highest BCUT2D eigenvalue weighted by atomic mass is 35.5. The van der Waals surface area contributed by atoms with Gasteiger partial charge in [-0.15, -0.1) is 0 Å². The minimum absolute atomic E-state index is 0.180. The number of benzene rings is 4. The first-order valence-electron chi connectivity index (χ1n) is 12.6. The second kappa shape index (κ2) is 9.42. The van der Waals surface area contributed by atoms with Crippen molar-refractivity contribution in [2.45, 2.75) is 13.0 Å². The van der Waals surface area contributed by atoms with Gasteiger partial charge in [0.1, 0.15) is 0 Å². The third-order valence-electron chi connectivity index (χ3n) is 6.94. The Morgan fingerprint density at radius 2 is 1.56 bits per heavy atom. The molecule has 0 saturated heterocycles. The predicted octanol–water partition coefficient (Wildman–Crippen LogP) is 8.28. The molecule has 8 heteroatoms. The average Bonchev–Trinajstić information content (AvgIpc) is 3.30. The van der Waals surface area contributed by atoms with E-state index in [4.69, 9.17) is 38.3 Å². The van der Waals surface area contributed by atoms with Crippen LogP contribution in [0.2, 0.25) is 10.0 Å². The Hall–Kier alpha value is -4.39. The van der Waals surface area contributed by atoms with E-state index in [1.165, 1.54) is 0 Å².